The zero-order valence-corrected chi connectivity index (χ0v) is 29.7. The second-order valence-electron chi connectivity index (χ2n) is 14.5. The summed E-state index contributed by atoms with van der Waals surface area (Å²) in [4.78, 5) is 47.4. The second-order valence-corrected chi connectivity index (χ2v) is 14.5. The number of carbonyl (C=O) groups is 3. The van der Waals surface area contributed by atoms with E-state index in [-0.39, 0.29) is 43.5 Å². The van der Waals surface area contributed by atoms with Crippen molar-refractivity contribution in [3.63, 3.8) is 0 Å². The van der Waals surface area contributed by atoms with Crippen LogP contribution in [0.3, 0.4) is 0 Å². The Bertz CT molecular complexity index is 2090. The van der Waals surface area contributed by atoms with Crippen LogP contribution in [0.1, 0.15) is 77.3 Å². The van der Waals surface area contributed by atoms with Gasteiger partial charge in [-0.05, 0) is 57.9 Å². The number of nitrogens with zero attached hydrogens (tertiary/aromatic N) is 1. The number of ether oxygens (including phenoxy) is 2. The Morgan fingerprint density at radius 1 is 0.792 bits per heavy atom. The molecule has 1 unspecified atom stereocenters. The fraction of sp³-hybridized carbons (Fsp3) is 0.283. The molecule has 2 saturated heterocycles. The number of aliphatic hydroxyl groups is 1. The first-order chi connectivity index (χ1) is 25.9. The van der Waals surface area contributed by atoms with E-state index in [4.69, 9.17) is 9.47 Å². The number of hydrogen-bond acceptors (Lipinski definition) is 7. The van der Waals surface area contributed by atoms with Crippen molar-refractivity contribution in [3.8, 4) is 5.75 Å². The summed E-state index contributed by atoms with van der Waals surface area (Å²) in [5.74, 6) is -0.994. The summed E-state index contributed by atoms with van der Waals surface area (Å²) in [6.07, 6.45) is 0.243. The molecule has 0 aromatic heterocycles. The third-order valence-electron chi connectivity index (χ3n) is 11.6. The topological polar surface area (TPSA) is 93.1 Å². The van der Waals surface area contributed by atoms with Crippen LogP contribution in [0.5, 0.6) is 5.75 Å². The standard InChI is InChI=1S/C46H43NO6/c1-30(31-13-5-2-6-14-31)21-26-38(49)40-42-45(51)53-43(33-17-9-4-10-18-33)41(32-15-7-3-8-16-32)47(42)44(34-22-24-36(25-23-34)52-28-27-48)46(40)37-20-12-11-19-35(37)29-39(46)50/h2-20,22-25,30,40-44,48H,21,26-29H2,1H3/t30?,40-,41+,42+,43-,44-,46+/m0/s1. The molecule has 8 rings (SSSR count). The van der Waals surface area contributed by atoms with Gasteiger partial charge in [0.1, 0.15) is 30.3 Å². The number of aliphatic hydroxyl groups excluding tert-OH is 1. The van der Waals surface area contributed by atoms with Crippen LogP contribution in [-0.4, -0.2) is 46.8 Å². The highest BCUT2D eigenvalue weighted by Crippen LogP contribution is 2.64. The van der Waals surface area contributed by atoms with Gasteiger partial charge in [0.25, 0.3) is 0 Å². The molecule has 7 atom stereocenters. The Hall–Kier alpha value is -5.37. The van der Waals surface area contributed by atoms with Gasteiger partial charge in [0.2, 0.25) is 0 Å². The van der Waals surface area contributed by atoms with Crippen LogP contribution in [0.15, 0.2) is 140 Å². The summed E-state index contributed by atoms with van der Waals surface area (Å²) in [5, 5.41) is 9.41. The lowest BCUT2D eigenvalue weighted by Gasteiger charge is -2.46. The SMILES string of the molecule is CC(CCC(=O)[C@H]1[C@@H]2C(=O)O[C@@H](c3ccccc3)[C@@H](c3ccccc3)N2[C@@H](c2ccc(OCCO)cc2)[C@]12C(=O)Cc1ccccc12)c1ccccc1. The highest BCUT2D eigenvalue weighted by molar-refractivity contribution is 6.06. The second kappa shape index (κ2) is 14.6. The maximum atomic E-state index is 15.2. The number of rotatable bonds is 11. The summed E-state index contributed by atoms with van der Waals surface area (Å²) in [6, 6.07) is 43.0. The van der Waals surface area contributed by atoms with Gasteiger partial charge in [0.15, 0.2) is 5.78 Å². The molecule has 268 valence electrons. The number of carbonyl (C=O) groups excluding carboxylic acids is 3. The third-order valence-corrected chi connectivity index (χ3v) is 11.6. The molecule has 7 heteroatoms. The molecule has 5 aromatic carbocycles. The molecule has 2 fully saturated rings. The smallest absolute Gasteiger partial charge is 0.324 e. The van der Waals surface area contributed by atoms with E-state index < -0.39 is 41.5 Å². The molecule has 5 aromatic rings. The van der Waals surface area contributed by atoms with Gasteiger partial charge in [-0.25, -0.2) is 0 Å². The van der Waals surface area contributed by atoms with E-state index in [1.54, 1.807) is 0 Å². The number of benzene rings is 5. The Morgan fingerprint density at radius 3 is 2.09 bits per heavy atom. The van der Waals surface area contributed by atoms with Crippen molar-refractivity contribution in [3.05, 3.63) is 173 Å². The van der Waals surface area contributed by atoms with Crippen molar-refractivity contribution in [1.29, 1.82) is 0 Å². The van der Waals surface area contributed by atoms with E-state index in [1.165, 1.54) is 0 Å². The summed E-state index contributed by atoms with van der Waals surface area (Å²) in [6.45, 7) is 2.14. The Labute approximate surface area is 310 Å². The minimum absolute atomic E-state index is 0.0657. The monoisotopic (exact) mass is 705 g/mol. The zero-order chi connectivity index (χ0) is 36.5. The molecule has 0 radical (unpaired) electrons. The van der Waals surface area contributed by atoms with Gasteiger partial charge in [-0.1, -0.05) is 134 Å². The van der Waals surface area contributed by atoms with Crippen LogP contribution in [-0.2, 0) is 31.0 Å². The van der Waals surface area contributed by atoms with Crippen molar-refractivity contribution in [2.45, 2.75) is 61.7 Å². The van der Waals surface area contributed by atoms with Crippen molar-refractivity contribution >= 4 is 17.5 Å². The minimum atomic E-state index is -1.36. The lowest BCUT2D eigenvalue weighted by atomic mass is 9.63. The Kier molecular flexibility index (Phi) is 9.54. The van der Waals surface area contributed by atoms with E-state index in [9.17, 15) is 9.90 Å². The van der Waals surface area contributed by atoms with Crippen molar-refractivity contribution in [1.82, 2.24) is 4.90 Å². The highest BCUT2D eigenvalue weighted by Gasteiger charge is 2.72. The number of hydrogen-bond donors (Lipinski definition) is 1. The average molecular weight is 706 g/mol. The number of esters is 1. The largest absolute Gasteiger partial charge is 0.491 e. The summed E-state index contributed by atoms with van der Waals surface area (Å²) in [7, 11) is 0. The molecule has 1 N–H and O–H groups in total. The molecule has 7 nitrogen and oxygen atoms in total. The molecular weight excluding hydrogens is 663 g/mol. The van der Waals surface area contributed by atoms with Gasteiger partial charge in [-0.2, -0.15) is 0 Å². The average Bonchev–Trinajstić information content (AvgIpc) is 3.69. The number of morpholine rings is 1. The molecule has 0 amide bonds. The number of cyclic esters (lactones) is 1. The lowest BCUT2D eigenvalue weighted by molar-refractivity contribution is -0.178. The van der Waals surface area contributed by atoms with Crippen LogP contribution in [0.4, 0.5) is 0 Å². The lowest BCUT2D eigenvalue weighted by Crippen LogP contribution is -2.52. The van der Waals surface area contributed by atoms with Crippen LogP contribution in [0, 0.1) is 5.92 Å². The highest BCUT2D eigenvalue weighted by atomic mass is 16.6. The molecule has 53 heavy (non-hydrogen) atoms. The quantitative estimate of drug-likeness (QED) is 0.141. The van der Waals surface area contributed by atoms with Crippen molar-refractivity contribution in [2.75, 3.05) is 13.2 Å². The molecule has 2 aliphatic heterocycles. The first-order valence-electron chi connectivity index (χ1n) is 18.5. The number of fused-ring (bicyclic) bond motifs is 3. The molecule has 1 aliphatic carbocycles. The van der Waals surface area contributed by atoms with E-state index in [2.05, 4.69) is 24.0 Å². The van der Waals surface area contributed by atoms with Crippen LogP contribution in [0.25, 0.3) is 0 Å². The predicted octanol–water partition coefficient (Wildman–Crippen LogP) is 7.65. The van der Waals surface area contributed by atoms with Crippen molar-refractivity contribution < 1.29 is 29.0 Å². The maximum absolute atomic E-state index is 15.2. The van der Waals surface area contributed by atoms with Gasteiger partial charge in [0.05, 0.1) is 30.0 Å². The van der Waals surface area contributed by atoms with E-state index in [0.717, 1.165) is 33.4 Å². The molecular formula is C46H43NO6. The molecule has 0 saturated carbocycles. The van der Waals surface area contributed by atoms with Crippen molar-refractivity contribution in [2.24, 2.45) is 5.92 Å². The van der Waals surface area contributed by atoms with Crippen LogP contribution < -0.4 is 4.74 Å². The van der Waals surface area contributed by atoms with Crippen LogP contribution >= 0.6 is 0 Å². The first-order valence-corrected chi connectivity index (χ1v) is 18.5. The fourth-order valence-electron chi connectivity index (χ4n) is 9.31. The van der Waals surface area contributed by atoms with Gasteiger partial charge < -0.3 is 14.6 Å². The normalized spacial score (nSPS) is 25.4. The fourth-order valence-corrected chi connectivity index (χ4v) is 9.31. The van der Waals surface area contributed by atoms with Crippen LogP contribution in [0.2, 0.25) is 0 Å². The zero-order valence-electron chi connectivity index (χ0n) is 29.7. The number of ketones is 2. The van der Waals surface area contributed by atoms with E-state index in [1.807, 2.05) is 127 Å². The van der Waals surface area contributed by atoms with Gasteiger partial charge >= 0.3 is 5.97 Å². The van der Waals surface area contributed by atoms with E-state index in [0.29, 0.717) is 12.2 Å². The molecule has 3 aliphatic rings. The van der Waals surface area contributed by atoms with Gasteiger partial charge in [-0.15, -0.1) is 0 Å². The first kappa shape index (κ1) is 34.7. The Balaban J connectivity index is 1.35. The predicted molar refractivity (Wildman–Crippen MR) is 201 cm³/mol. The molecule has 2 heterocycles. The van der Waals surface area contributed by atoms with Gasteiger partial charge in [-0.3, -0.25) is 19.3 Å². The Morgan fingerprint density at radius 2 is 1.42 bits per heavy atom. The molecule has 0 bridgehead atoms. The summed E-state index contributed by atoms with van der Waals surface area (Å²) >= 11 is 0. The van der Waals surface area contributed by atoms with Gasteiger partial charge in [0, 0.05) is 12.8 Å². The number of Topliss-reactive ketones (excluding diaryl/α,β-unsaturated/α-hetero) is 2. The molecule has 1 spiro atoms. The minimum Gasteiger partial charge on any atom is -0.491 e. The third kappa shape index (κ3) is 5.98. The summed E-state index contributed by atoms with van der Waals surface area (Å²) in [5.41, 5.74) is 4.01. The van der Waals surface area contributed by atoms with E-state index >= 15 is 9.59 Å². The maximum Gasteiger partial charge on any atom is 0.324 e. The summed E-state index contributed by atoms with van der Waals surface area (Å²) < 4.78 is 12.3.